The number of aliphatic hydroxyl groups excluding tert-OH is 1. The molecule has 1 unspecified atom stereocenters. The maximum atomic E-state index is 12.8. The van der Waals surface area contributed by atoms with Crippen LogP contribution in [0.1, 0.15) is 110 Å². The van der Waals surface area contributed by atoms with Gasteiger partial charge in [0.25, 0.3) is 0 Å². The minimum atomic E-state index is -0.761. The third-order valence-corrected chi connectivity index (χ3v) is 5.73. The second kappa shape index (κ2) is 17.5. The third kappa shape index (κ3) is 13.4. The van der Waals surface area contributed by atoms with E-state index >= 15 is 0 Å². The Hall–Kier alpha value is -1.92. The van der Waals surface area contributed by atoms with Crippen molar-refractivity contribution < 1.29 is 29.2 Å². The normalized spacial score (nSPS) is 12.4. The van der Waals surface area contributed by atoms with Gasteiger partial charge in [0, 0.05) is 5.56 Å². The topological polar surface area (TPSA) is 72.8 Å². The monoisotopic (exact) mass is 464 g/mol. The first kappa shape index (κ1) is 29.1. The Morgan fingerprint density at radius 3 is 1.73 bits per heavy atom. The SMILES string of the molecule is CCCCCCCC(=O)O[N+](Cc1ccccc1)(CC(O)CC)OC(=O)CCCCCCC. The van der Waals surface area contributed by atoms with Crippen molar-refractivity contribution in [2.45, 2.75) is 117 Å². The van der Waals surface area contributed by atoms with E-state index in [9.17, 15) is 14.7 Å². The van der Waals surface area contributed by atoms with Crippen LogP contribution in [0.25, 0.3) is 0 Å². The second-order valence-corrected chi connectivity index (χ2v) is 8.96. The van der Waals surface area contributed by atoms with Gasteiger partial charge < -0.3 is 5.11 Å². The van der Waals surface area contributed by atoms with Gasteiger partial charge in [0.15, 0.2) is 13.1 Å². The summed E-state index contributed by atoms with van der Waals surface area (Å²) >= 11 is 0. The molecule has 1 aromatic carbocycles. The molecule has 0 saturated carbocycles. The third-order valence-electron chi connectivity index (χ3n) is 5.73. The van der Waals surface area contributed by atoms with Crippen molar-refractivity contribution in [1.82, 2.24) is 0 Å². The van der Waals surface area contributed by atoms with Crippen LogP contribution in [0.2, 0.25) is 0 Å². The number of carbonyl (C=O) groups is 2. The first-order valence-corrected chi connectivity index (χ1v) is 13.0. The standard InChI is InChI=1S/C27H46NO5/c1-4-7-9-11-16-20-26(30)32-28(23-25(29)6-3,22-24-18-14-13-15-19-24)33-27(31)21-17-12-10-8-5-2/h13-15,18-19,25,29H,4-12,16-17,20-23H2,1-3H3/q+1. The first-order valence-electron chi connectivity index (χ1n) is 13.0. The van der Waals surface area contributed by atoms with Crippen molar-refractivity contribution in [1.29, 1.82) is 0 Å². The van der Waals surface area contributed by atoms with Crippen molar-refractivity contribution in [3.63, 3.8) is 0 Å². The summed E-state index contributed by atoms with van der Waals surface area (Å²) in [5, 5.41) is 10.4. The average Bonchev–Trinajstić information content (AvgIpc) is 2.79. The number of aliphatic hydroxyl groups is 1. The predicted octanol–water partition coefficient (Wildman–Crippen LogP) is 6.41. The van der Waals surface area contributed by atoms with Gasteiger partial charge in [0.1, 0.15) is 6.10 Å². The van der Waals surface area contributed by atoms with Crippen molar-refractivity contribution in [2.24, 2.45) is 0 Å². The molecule has 0 bridgehead atoms. The van der Waals surface area contributed by atoms with E-state index < -0.39 is 22.9 Å². The number of hydrogen-bond donors (Lipinski definition) is 1. The van der Waals surface area contributed by atoms with Crippen molar-refractivity contribution in [3.8, 4) is 0 Å². The Balaban J connectivity index is 2.92. The molecule has 6 nitrogen and oxygen atoms in total. The number of rotatable bonds is 19. The zero-order valence-corrected chi connectivity index (χ0v) is 21.1. The fraction of sp³-hybridized carbons (Fsp3) is 0.704. The summed E-state index contributed by atoms with van der Waals surface area (Å²) in [6.07, 6.45) is 10.5. The maximum absolute atomic E-state index is 12.8. The minimum absolute atomic E-state index is 0.00848. The van der Waals surface area contributed by atoms with E-state index in [0.717, 1.165) is 69.8 Å². The molecule has 0 heterocycles. The summed E-state index contributed by atoms with van der Waals surface area (Å²) in [5.74, 6) is -0.803. The van der Waals surface area contributed by atoms with Gasteiger partial charge in [-0.1, -0.05) is 102 Å². The molecule has 0 aliphatic rings. The molecule has 0 aliphatic carbocycles. The zero-order valence-electron chi connectivity index (χ0n) is 21.1. The van der Waals surface area contributed by atoms with Gasteiger partial charge in [-0.25, -0.2) is 19.3 Å². The fourth-order valence-corrected chi connectivity index (χ4v) is 3.74. The number of benzene rings is 1. The lowest BCUT2D eigenvalue weighted by atomic mass is 10.1. The van der Waals surface area contributed by atoms with E-state index in [0.29, 0.717) is 6.42 Å². The molecule has 6 heteroatoms. The summed E-state index contributed by atoms with van der Waals surface area (Å²) < 4.78 is 0. The Bertz CT molecular complexity index is 621. The molecule has 0 radical (unpaired) electrons. The first-order chi connectivity index (χ1) is 15.9. The van der Waals surface area contributed by atoms with E-state index in [4.69, 9.17) is 9.68 Å². The molecule has 188 valence electrons. The van der Waals surface area contributed by atoms with Crippen LogP contribution in [0, 0.1) is 0 Å². The number of hydrogen-bond acceptors (Lipinski definition) is 5. The number of quaternary nitrogens is 1. The van der Waals surface area contributed by atoms with Gasteiger partial charge in [0.05, 0.1) is 17.7 Å². The maximum Gasteiger partial charge on any atom is 0.372 e. The number of carbonyl (C=O) groups excluding carboxylic acids is 2. The number of nitrogens with zero attached hydrogens (tertiary/aromatic N) is 1. The van der Waals surface area contributed by atoms with Crippen molar-refractivity contribution >= 4 is 11.9 Å². The molecular weight excluding hydrogens is 418 g/mol. The lowest BCUT2D eigenvalue weighted by Crippen LogP contribution is -2.53. The molecule has 0 aliphatic heterocycles. The van der Waals surface area contributed by atoms with Crippen molar-refractivity contribution in [3.05, 3.63) is 35.9 Å². The van der Waals surface area contributed by atoms with Crippen LogP contribution < -0.4 is 0 Å². The van der Waals surface area contributed by atoms with E-state index in [-0.39, 0.29) is 25.9 Å². The molecule has 0 aromatic heterocycles. The van der Waals surface area contributed by atoms with Gasteiger partial charge in [-0.15, -0.1) is 0 Å². The van der Waals surface area contributed by atoms with E-state index in [1.807, 2.05) is 37.3 Å². The predicted molar refractivity (Wildman–Crippen MR) is 131 cm³/mol. The molecule has 0 saturated heterocycles. The smallest absolute Gasteiger partial charge is 0.372 e. The van der Waals surface area contributed by atoms with Crippen LogP contribution in [0.5, 0.6) is 0 Å². The van der Waals surface area contributed by atoms with Gasteiger partial charge in [-0.2, -0.15) is 0 Å². The molecule has 1 rings (SSSR count). The van der Waals surface area contributed by atoms with Crippen LogP contribution in [0.3, 0.4) is 0 Å². The van der Waals surface area contributed by atoms with Gasteiger partial charge in [-0.05, 0) is 19.3 Å². The summed E-state index contributed by atoms with van der Waals surface area (Å²) in [5.41, 5.74) is 0.868. The van der Waals surface area contributed by atoms with Crippen LogP contribution in [-0.4, -0.2) is 34.5 Å². The summed E-state index contributed by atoms with van der Waals surface area (Å²) in [4.78, 5) is 36.5. The molecule has 0 fully saturated rings. The van der Waals surface area contributed by atoms with E-state index in [1.54, 1.807) is 0 Å². The molecule has 0 spiro atoms. The van der Waals surface area contributed by atoms with Crippen LogP contribution in [0.15, 0.2) is 30.3 Å². The lowest BCUT2D eigenvalue weighted by molar-refractivity contribution is -1.23. The average molecular weight is 465 g/mol. The minimum Gasteiger partial charge on any atom is -0.387 e. The molecule has 33 heavy (non-hydrogen) atoms. The number of hydroxylamine groups is 4. The highest BCUT2D eigenvalue weighted by atomic mass is 17.0. The summed E-state index contributed by atoms with van der Waals surface area (Å²) in [6, 6.07) is 9.51. The zero-order chi connectivity index (χ0) is 24.4. The van der Waals surface area contributed by atoms with Crippen molar-refractivity contribution in [2.75, 3.05) is 6.54 Å². The lowest BCUT2D eigenvalue weighted by Gasteiger charge is -2.32. The van der Waals surface area contributed by atoms with E-state index in [1.165, 1.54) is 0 Å². The highest BCUT2D eigenvalue weighted by Crippen LogP contribution is 2.22. The van der Waals surface area contributed by atoms with Crippen LogP contribution in [-0.2, 0) is 25.8 Å². The Labute approximate surface area is 200 Å². The molecule has 0 amide bonds. The Morgan fingerprint density at radius 2 is 1.27 bits per heavy atom. The summed E-state index contributed by atoms with van der Waals surface area (Å²) in [6.45, 7) is 6.34. The highest BCUT2D eigenvalue weighted by Gasteiger charge is 2.41. The fourth-order valence-electron chi connectivity index (χ4n) is 3.74. The van der Waals surface area contributed by atoms with Gasteiger partial charge in [-0.3, -0.25) is 0 Å². The van der Waals surface area contributed by atoms with Gasteiger partial charge >= 0.3 is 11.9 Å². The number of unbranched alkanes of at least 4 members (excludes halogenated alkanes) is 8. The van der Waals surface area contributed by atoms with Crippen LogP contribution >= 0.6 is 0 Å². The van der Waals surface area contributed by atoms with Crippen LogP contribution in [0.4, 0.5) is 0 Å². The molecule has 1 atom stereocenters. The Kier molecular flexibility index (Phi) is 15.5. The second-order valence-electron chi connectivity index (χ2n) is 8.96. The van der Waals surface area contributed by atoms with E-state index in [2.05, 4.69) is 13.8 Å². The van der Waals surface area contributed by atoms with Gasteiger partial charge in [0.2, 0.25) is 0 Å². The largest absolute Gasteiger partial charge is 0.387 e. The molecular formula is C27H46NO5+. The quantitative estimate of drug-likeness (QED) is 0.145. The highest BCUT2D eigenvalue weighted by molar-refractivity contribution is 5.69. The summed E-state index contributed by atoms with van der Waals surface area (Å²) in [7, 11) is 0. The Morgan fingerprint density at radius 1 is 0.788 bits per heavy atom. The molecule has 1 N–H and O–H groups in total. The molecule has 1 aromatic rings.